The number of pyridine rings is 1. The van der Waals surface area contributed by atoms with E-state index >= 15 is 0 Å². The van der Waals surface area contributed by atoms with E-state index in [2.05, 4.69) is 15.0 Å². The first-order valence-corrected chi connectivity index (χ1v) is 10.6. The maximum atomic E-state index is 14.0. The number of hydrogen-bond donors (Lipinski definition) is 1. The highest BCUT2D eigenvalue weighted by molar-refractivity contribution is 7.22. The fourth-order valence-electron chi connectivity index (χ4n) is 3.67. The van der Waals surface area contributed by atoms with E-state index in [1.165, 1.54) is 19.4 Å². The Labute approximate surface area is 188 Å². The molecule has 4 aromatic heterocycles. The average Bonchev–Trinajstić information content (AvgIpc) is 3.29. The van der Waals surface area contributed by atoms with Gasteiger partial charge in [-0.05, 0) is 25.1 Å². The van der Waals surface area contributed by atoms with Crippen LogP contribution in [0, 0.1) is 12.7 Å². The number of halogens is 2. The maximum Gasteiger partial charge on any atom is 0.333 e. The van der Waals surface area contributed by atoms with Crippen LogP contribution < -0.4 is 16.0 Å². The summed E-state index contributed by atoms with van der Waals surface area (Å²) in [5.74, 6) is 0.153. The lowest BCUT2D eigenvalue weighted by Gasteiger charge is -2.07. The molecular weight excluding hydrogens is 457 g/mol. The molecule has 0 bridgehead atoms. The molecule has 0 aliphatic carbocycles. The van der Waals surface area contributed by atoms with Gasteiger partial charge in [0.1, 0.15) is 16.0 Å². The number of imidazole rings is 1. The van der Waals surface area contributed by atoms with Crippen molar-refractivity contribution in [3.63, 3.8) is 0 Å². The number of thiophene rings is 1. The Morgan fingerprint density at radius 3 is 2.75 bits per heavy atom. The Bertz CT molecular complexity index is 1670. The van der Waals surface area contributed by atoms with Gasteiger partial charge in [0, 0.05) is 17.5 Å². The standard InChI is InChI=1S/C21H15ClFN5O3S/c1-9-25-14-7-24-8-15(18(14)27(9)2)28-20(29)19-13(26-21(28)30)6-17(32-19)10-4-16(31-3)12(23)5-11(10)22/h4-8H,1-3H3,(H,26,30). The van der Waals surface area contributed by atoms with Crippen LogP contribution in [0.4, 0.5) is 4.39 Å². The minimum atomic E-state index is -0.609. The normalized spacial score (nSPS) is 11.5. The van der Waals surface area contributed by atoms with Crippen molar-refractivity contribution in [1.82, 2.24) is 24.1 Å². The van der Waals surface area contributed by atoms with Gasteiger partial charge in [-0.3, -0.25) is 9.78 Å². The number of rotatable bonds is 3. The maximum absolute atomic E-state index is 14.0. The lowest BCUT2D eigenvalue weighted by Crippen LogP contribution is -2.33. The second-order valence-electron chi connectivity index (χ2n) is 7.14. The first-order chi connectivity index (χ1) is 15.3. The first-order valence-electron chi connectivity index (χ1n) is 9.40. The van der Waals surface area contributed by atoms with Crippen LogP contribution in [0.2, 0.25) is 5.02 Å². The van der Waals surface area contributed by atoms with E-state index in [4.69, 9.17) is 16.3 Å². The molecule has 0 spiro atoms. The van der Waals surface area contributed by atoms with E-state index in [9.17, 15) is 14.0 Å². The highest BCUT2D eigenvalue weighted by atomic mass is 35.5. The number of ether oxygens (including phenoxy) is 1. The number of aromatic nitrogens is 5. The number of H-pyrrole nitrogens is 1. The lowest BCUT2D eigenvalue weighted by molar-refractivity contribution is 0.387. The molecule has 4 heterocycles. The summed E-state index contributed by atoms with van der Waals surface area (Å²) in [6.45, 7) is 1.83. The number of nitrogens with one attached hydrogen (secondary N) is 1. The van der Waals surface area contributed by atoms with Crippen molar-refractivity contribution in [1.29, 1.82) is 0 Å². The van der Waals surface area contributed by atoms with Gasteiger partial charge in [-0.1, -0.05) is 11.6 Å². The Balaban J connectivity index is 1.78. The fourth-order valence-corrected chi connectivity index (χ4v) is 5.05. The van der Waals surface area contributed by atoms with Crippen LogP contribution in [0.25, 0.3) is 37.4 Å². The third kappa shape index (κ3) is 2.94. The minimum absolute atomic E-state index is 0.0251. The molecule has 5 rings (SSSR count). The van der Waals surface area contributed by atoms with E-state index in [1.54, 1.807) is 23.9 Å². The van der Waals surface area contributed by atoms with Gasteiger partial charge in [0.05, 0.1) is 41.2 Å². The van der Waals surface area contributed by atoms with Gasteiger partial charge in [0.2, 0.25) is 0 Å². The summed E-state index contributed by atoms with van der Waals surface area (Å²) in [6, 6.07) is 4.25. The predicted molar refractivity (Wildman–Crippen MR) is 122 cm³/mol. The van der Waals surface area contributed by atoms with Crippen LogP contribution in [-0.2, 0) is 7.05 Å². The molecule has 0 amide bonds. The molecule has 162 valence electrons. The Kier molecular flexibility index (Phi) is 4.64. The monoisotopic (exact) mass is 471 g/mol. The van der Waals surface area contributed by atoms with E-state index < -0.39 is 17.1 Å². The summed E-state index contributed by atoms with van der Waals surface area (Å²) in [7, 11) is 3.16. The lowest BCUT2D eigenvalue weighted by atomic mass is 10.1. The third-order valence-corrected chi connectivity index (χ3v) is 6.77. The van der Waals surface area contributed by atoms with Crippen molar-refractivity contribution in [2.24, 2.45) is 7.05 Å². The SMILES string of the molecule is COc1cc(-c2cc3[nH]c(=O)n(-c4cncc5nc(C)n(C)c45)c(=O)c3s2)c(Cl)cc1F. The van der Waals surface area contributed by atoms with Gasteiger partial charge in [0.25, 0.3) is 5.56 Å². The Morgan fingerprint density at radius 2 is 2.00 bits per heavy atom. The molecule has 0 fully saturated rings. The molecule has 1 N–H and O–H groups in total. The zero-order chi connectivity index (χ0) is 22.7. The van der Waals surface area contributed by atoms with Gasteiger partial charge in [-0.15, -0.1) is 11.3 Å². The van der Waals surface area contributed by atoms with E-state index in [0.717, 1.165) is 27.8 Å². The molecule has 11 heteroatoms. The van der Waals surface area contributed by atoms with Crippen molar-refractivity contribution in [2.75, 3.05) is 7.11 Å². The number of fused-ring (bicyclic) bond motifs is 2. The predicted octanol–water partition coefficient (Wildman–Crippen LogP) is 3.80. The third-order valence-electron chi connectivity index (χ3n) is 5.30. The topological polar surface area (TPSA) is 94.8 Å². The number of aromatic amines is 1. The van der Waals surface area contributed by atoms with Crippen molar-refractivity contribution < 1.29 is 9.13 Å². The Hall–Kier alpha value is -3.50. The van der Waals surface area contributed by atoms with Crippen LogP contribution >= 0.6 is 22.9 Å². The highest BCUT2D eigenvalue weighted by Gasteiger charge is 2.19. The minimum Gasteiger partial charge on any atom is -0.494 e. The largest absolute Gasteiger partial charge is 0.494 e. The second kappa shape index (κ2) is 7.28. The molecule has 5 aromatic rings. The number of benzene rings is 1. The van der Waals surface area contributed by atoms with Crippen LogP contribution in [0.1, 0.15) is 5.82 Å². The van der Waals surface area contributed by atoms with Crippen LogP contribution in [0.3, 0.4) is 0 Å². The molecule has 0 saturated carbocycles. The van der Waals surface area contributed by atoms with Gasteiger partial charge < -0.3 is 14.3 Å². The van der Waals surface area contributed by atoms with Crippen molar-refractivity contribution >= 4 is 44.2 Å². The molecule has 0 unspecified atom stereocenters. The molecule has 8 nitrogen and oxygen atoms in total. The van der Waals surface area contributed by atoms with Gasteiger partial charge in [0.15, 0.2) is 11.6 Å². The summed E-state index contributed by atoms with van der Waals surface area (Å²) in [5.41, 5.74) is 1.26. The summed E-state index contributed by atoms with van der Waals surface area (Å²) < 4.78 is 22.2. The number of methoxy groups -OCH3 is 1. The molecular formula is C21H15ClFN5O3S. The quantitative estimate of drug-likeness (QED) is 0.432. The molecule has 32 heavy (non-hydrogen) atoms. The van der Waals surface area contributed by atoms with Crippen molar-refractivity contribution in [2.45, 2.75) is 6.92 Å². The number of nitrogens with zero attached hydrogens (tertiary/aromatic N) is 4. The van der Waals surface area contributed by atoms with Gasteiger partial charge in [-0.2, -0.15) is 0 Å². The zero-order valence-electron chi connectivity index (χ0n) is 17.1. The molecule has 0 radical (unpaired) electrons. The molecule has 0 saturated heterocycles. The average molecular weight is 472 g/mol. The van der Waals surface area contributed by atoms with E-state index in [1.807, 2.05) is 6.92 Å². The summed E-state index contributed by atoms with van der Waals surface area (Å²) in [5, 5.41) is 0.164. The van der Waals surface area contributed by atoms with E-state index in [0.29, 0.717) is 37.4 Å². The highest BCUT2D eigenvalue weighted by Crippen LogP contribution is 2.38. The zero-order valence-corrected chi connectivity index (χ0v) is 18.6. The fraction of sp³-hybridized carbons (Fsp3) is 0.143. The van der Waals surface area contributed by atoms with Gasteiger partial charge >= 0.3 is 5.69 Å². The van der Waals surface area contributed by atoms with Gasteiger partial charge in [-0.25, -0.2) is 18.7 Å². The smallest absolute Gasteiger partial charge is 0.333 e. The Morgan fingerprint density at radius 1 is 1.22 bits per heavy atom. The molecule has 0 aliphatic heterocycles. The number of hydrogen-bond acceptors (Lipinski definition) is 6. The van der Waals surface area contributed by atoms with Crippen molar-refractivity contribution in [3.8, 4) is 21.9 Å². The number of aryl methyl sites for hydroxylation is 2. The summed E-state index contributed by atoms with van der Waals surface area (Å²) in [4.78, 5) is 38.2. The summed E-state index contributed by atoms with van der Waals surface area (Å²) in [6.07, 6.45) is 3.04. The molecule has 0 atom stereocenters. The molecule has 1 aromatic carbocycles. The van der Waals surface area contributed by atoms with Crippen LogP contribution in [-0.4, -0.2) is 31.2 Å². The van der Waals surface area contributed by atoms with E-state index in [-0.39, 0.29) is 10.8 Å². The van der Waals surface area contributed by atoms with Crippen LogP contribution in [0.5, 0.6) is 5.75 Å². The second-order valence-corrected chi connectivity index (χ2v) is 8.59. The summed E-state index contributed by atoms with van der Waals surface area (Å²) >= 11 is 7.38. The molecule has 0 aliphatic rings. The van der Waals surface area contributed by atoms with Crippen LogP contribution in [0.15, 0.2) is 40.2 Å². The first kappa shape index (κ1) is 20.4. The van der Waals surface area contributed by atoms with Crippen molar-refractivity contribution in [3.05, 3.63) is 68.1 Å².